The minimum absolute atomic E-state index is 0.128. The number of nitrogens with two attached hydrogens (primary N) is 1. The predicted octanol–water partition coefficient (Wildman–Crippen LogP) is 3.40. The summed E-state index contributed by atoms with van der Waals surface area (Å²) in [5.41, 5.74) is 6.46. The Morgan fingerprint density at radius 2 is 1.55 bits per heavy atom. The van der Waals surface area contributed by atoms with Gasteiger partial charge in [0.05, 0.1) is 16.3 Å². The summed E-state index contributed by atoms with van der Waals surface area (Å²) in [6.07, 6.45) is 0. The Hall–Kier alpha value is -1.43. The fourth-order valence-corrected chi connectivity index (χ4v) is 3.19. The van der Waals surface area contributed by atoms with E-state index >= 15 is 0 Å². The summed E-state index contributed by atoms with van der Waals surface area (Å²) in [6, 6.07) is 10.6. The van der Waals surface area contributed by atoms with Crippen LogP contribution in [-0.2, 0) is 10.0 Å². The number of sulfonamides is 1. The third kappa shape index (κ3) is 2.85. The first-order chi connectivity index (χ1) is 9.32. The second kappa shape index (κ2) is 5.52. The molecule has 0 unspecified atom stereocenters. The highest BCUT2D eigenvalue weighted by molar-refractivity contribution is 7.92. The van der Waals surface area contributed by atoms with E-state index in [1.807, 2.05) is 0 Å². The Balaban J connectivity index is 2.48. The van der Waals surface area contributed by atoms with Gasteiger partial charge in [0.2, 0.25) is 0 Å². The van der Waals surface area contributed by atoms with Gasteiger partial charge in [-0.2, -0.15) is 0 Å². The zero-order valence-corrected chi connectivity index (χ0v) is 12.9. The first-order valence-electron chi connectivity index (χ1n) is 5.62. The van der Waals surface area contributed by atoms with Gasteiger partial charge < -0.3 is 5.73 Å². The van der Waals surface area contributed by atoms with Gasteiger partial charge in [-0.05, 0) is 42.5 Å². The lowest BCUT2D eigenvalue weighted by Gasteiger charge is -2.21. The van der Waals surface area contributed by atoms with E-state index in [2.05, 4.69) is 0 Å². The van der Waals surface area contributed by atoms with Crippen molar-refractivity contribution in [3.63, 3.8) is 0 Å². The van der Waals surface area contributed by atoms with E-state index in [0.717, 1.165) is 4.31 Å². The Kier molecular flexibility index (Phi) is 4.13. The molecule has 0 aliphatic carbocycles. The van der Waals surface area contributed by atoms with E-state index in [1.54, 1.807) is 12.1 Å². The molecule has 2 aromatic carbocycles. The molecule has 20 heavy (non-hydrogen) atoms. The summed E-state index contributed by atoms with van der Waals surface area (Å²) >= 11 is 11.6. The van der Waals surface area contributed by atoms with Crippen molar-refractivity contribution >= 4 is 44.6 Å². The maximum atomic E-state index is 12.5. The van der Waals surface area contributed by atoms with E-state index in [0.29, 0.717) is 21.4 Å². The highest BCUT2D eigenvalue weighted by Gasteiger charge is 2.22. The molecule has 0 atom stereocenters. The predicted molar refractivity (Wildman–Crippen MR) is 82.9 cm³/mol. The summed E-state index contributed by atoms with van der Waals surface area (Å²) < 4.78 is 26.1. The molecule has 0 fully saturated rings. The molecule has 0 bridgehead atoms. The molecule has 0 aromatic heterocycles. The van der Waals surface area contributed by atoms with E-state index in [1.165, 1.54) is 37.4 Å². The number of hydrogen-bond donors (Lipinski definition) is 1. The molecule has 4 nitrogen and oxygen atoms in total. The lowest BCUT2D eigenvalue weighted by Crippen LogP contribution is -2.27. The van der Waals surface area contributed by atoms with Crippen molar-refractivity contribution in [1.29, 1.82) is 0 Å². The molecule has 2 N–H and O–H groups in total. The second-order valence-electron chi connectivity index (χ2n) is 4.13. The Labute approximate surface area is 127 Å². The molecule has 0 spiro atoms. The van der Waals surface area contributed by atoms with Crippen LogP contribution in [0.15, 0.2) is 47.4 Å². The normalized spacial score (nSPS) is 11.3. The molecule has 0 saturated carbocycles. The third-order valence-corrected chi connectivity index (χ3v) is 5.08. The van der Waals surface area contributed by atoms with Gasteiger partial charge in [0.15, 0.2) is 0 Å². The zero-order chi connectivity index (χ0) is 14.9. The van der Waals surface area contributed by atoms with Gasteiger partial charge in [-0.1, -0.05) is 23.2 Å². The lowest BCUT2D eigenvalue weighted by molar-refractivity contribution is 0.594. The average Bonchev–Trinajstić information content (AvgIpc) is 2.41. The number of hydrogen-bond acceptors (Lipinski definition) is 3. The van der Waals surface area contributed by atoms with Crippen LogP contribution < -0.4 is 10.0 Å². The Morgan fingerprint density at radius 3 is 2.15 bits per heavy atom. The van der Waals surface area contributed by atoms with Crippen LogP contribution in [0.1, 0.15) is 0 Å². The first kappa shape index (κ1) is 15.0. The van der Waals surface area contributed by atoms with E-state index in [9.17, 15) is 8.42 Å². The summed E-state index contributed by atoms with van der Waals surface area (Å²) in [7, 11) is -2.29. The van der Waals surface area contributed by atoms with Gasteiger partial charge >= 0.3 is 0 Å². The van der Waals surface area contributed by atoms with Crippen LogP contribution in [0.25, 0.3) is 0 Å². The number of anilines is 2. The summed E-state index contributed by atoms with van der Waals surface area (Å²) in [5, 5.41) is 0.876. The van der Waals surface area contributed by atoms with Crippen molar-refractivity contribution < 1.29 is 8.42 Å². The third-order valence-electron chi connectivity index (χ3n) is 2.80. The highest BCUT2D eigenvalue weighted by Crippen LogP contribution is 2.30. The maximum Gasteiger partial charge on any atom is 0.264 e. The molecular weight excluding hydrogens is 319 g/mol. The zero-order valence-electron chi connectivity index (χ0n) is 10.5. The van der Waals surface area contributed by atoms with Crippen molar-refractivity contribution in [3.8, 4) is 0 Å². The molecule has 0 heterocycles. The number of nitrogens with zero attached hydrogens (tertiary/aromatic N) is 1. The van der Waals surface area contributed by atoms with Crippen molar-refractivity contribution in [3.05, 3.63) is 52.5 Å². The molecule has 0 amide bonds. The maximum absolute atomic E-state index is 12.5. The minimum Gasteiger partial charge on any atom is -0.397 e. The van der Waals surface area contributed by atoms with E-state index in [-0.39, 0.29) is 4.90 Å². The van der Waals surface area contributed by atoms with Crippen molar-refractivity contribution in [2.45, 2.75) is 4.90 Å². The SMILES string of the molecule is CN(c1cc(Cl)ccc1N)S(=O)(=O)c1ccc(Cl)cc1. The van der Waals surface area contributed by atoms with Crippen LogP contribution in [-0.4, -0.2) is 15.5 Å². The van der Waals surface area contributed by atoms with Gasteiger partial charge in [0.1, 0.15) is 0 Å². The smallest absolute Gasteiger partial charge is 0.264 e. The largest absolute Gasteiger partial charge is 0.397 e. The summed E-state index contributed by atoms with van der Waals surface area (Å²) in [4.78, 5) is 0.128. The fraction of sp³-hybridized carbons (Fsp3) is 0.0769. The number of rotatable bonds is 3. The lowest BCUT2D eigenvalue weighted by atomic mass is 10.3. The van der Waals surface area contributed by atoms with Crippen LogP contribution in [0.5, 0.6) is 0 Å². The number of benzene rings is 2. The molecule has 7 heteroatoms. The standard InChI is InChI=1S/C13H12Cl2N2O2S/c1-17(13-8-10(15)4-7-12(13)16)20(18,19)11-5-2-9(14)3-6-11/h2-8H,16H2,1H3. The van der Waals surface area contributed by atoms with Crippen LogP contribution >= 0.6 is 23.2 Å². The number of halogens is 2. The van der Waals surface area contributed by atoms with Gasteiger partial charge in [-0.3, -0.25) is 4.31 Å². The van der Waals surface area contributed by atoms with Gasteiger partial charge in [0.25, 0.3) is 10.0 Å². The Morgan fingerprint density at radius 1 is 1.00 bits per heavy atom. The Bertz CT molecular complexity index is 731. The van der Waals surface area contributed by atoms with Gasteiger partial charge in [-0.15, -0.1) is 0 Å². The molecule has 0 saturated heterocycles. The topological polar surface area (TPSA) is 63.4 Å². The van der Waals surface area contributed by atoms with Crippen LogP contribution in [0, 0.1) is 0 Å². The monoisotopic (exact) mass is 330 g/mol. The average molecular weight is 331 g/mol. The number of nitrogen functional groups attached to an aromatic ring is 1. The second-order valence-corrected chi connectivity index (χ2v) is 6.97. The summed E-state index contributed by atoms with van der Waals surface area (Å²) in [5.74, 6) is 0. The first-order valence-corrected chi connectivity index (χ1v) is 7.81. The van der Waals surface area contributed by atoms with Gasteiger partial charge in [0, 0.05) is 17.1 Å². The van der Waals surface area contributed by atoms with Crippen molar-refractivity contribution in [2.75, 3.05) is 17.1 Å². The molecule has 106 valence electrons. The summed E-state index contributed by atoms with van der Waals surface area (Å²) in [6.45, 7) is 0. The minimum atomic E-state index is -3.71. The molecule has 0 radical (unpaired) electrons. The van der Waals surface area contributed by atoms with Crippen LogP contribution in [0.3, 0.4) is 0 Å². The highest BCUT2D eigenvalue weighted by atomic mass is 35.5. The van der Waals surface area contributed by atoms with Crippen molar-refractivity contribution in [2.24, 2.45) is 0 Å². The molecule has 0 aliphatic heterocycles. The van der Waals surface area contributed by atoms with Gasteiger partial charge in [-0.25, -0.2) is 8.42 Å². The van der Waals surface area contributed by atoms with Crippen molar-refractivity contribution in [1.82, 2.24) is 0 Å². The van der Waals surface area contributed by atoms with Crippen LogP contribution in [0.2, 0.25) is 10.0 Å². The van der Waals surface area contributed by atoms with Crippen LogP contribution in [0.4, 0.5) is 11.4 Å². The van der Waals surface area contributed by atoms with E-state index in [4.69, 9.17) is 28.9 Å². The molecule has 2 aromatic rings. The van der Waals surface area contributed by atoms with E-state index < -0.39 is 10.0 Å². The molecular formula is C13H12Cl2N2O2S. The fourth-order valence-electron chi connectivity index (χ4n) is 1.68. The molecule has 0 aliphatic rings. The molecule has 2 rings (SSSR count). The quantitative estimate of drug-likeness (QED) is 0.877.